The minimum atomic E-state index is -0.410. The monoisotopic (exact) mass is 225 g/mol. The normalized spacial score (nSPS) is 10.3. The highest BCUT2D eigenvalue weighted by Gasteiger charge is 2.08. The summed E-state index contributed by atoms with van der Waals surface area (Å²) in [5, 5.41) is 5.28. The van der Waals surface area contributed by atoms with Gasteiger partial charge in [0.2, 0.25) is 4.77 Å². The standard InChI is InChI=1S/C9H8FN3OS/c1-14-5-2-3-6(7(10)4-5)8-11-9(15)13-12-8/h2-4H,1H3,(H2,11,12,13,15). The van der Waals surface area contributed by atoms with Gasteiger partial charge in [-0.2, -0.15) is 4.98 Å². The van der Waals surface area contributed by atoms with Gasteiger partial charge in [0.05, 0.1) is 12.7 Å². The van der Waals surface area contributed by atoms with Crippen LogP contribution in [0.3, 0.4) is 0 Å². The molecule has 78 valence electrons. The van der Waals surface area contributed by atoms with Crippen LogP contribution in [0, 0.1) is 10.6 Å². The first-order valence-corrected chi connectivity index (χ1v) is 4.60. The van der Waals surface area contributed by atoms with E-state index >= 15 is 0 Å². The van der Waals surface area contributed by atoms with Crippen molar-refractivity contribution in [3.63, 3.8) is 0 Å². The summed E-state index contributed by atoms with van der Waals surface area (Å²) in [7, 11) is 1.48. The number of hydrogen-bond donors (Lipinski definition) is 2. The van der Waals surface area contributed by atoms with Crippen molar-refractivity contribution >= 4 is 12.2 Å². The van der Waals surface area contributed by atoms with Crippen molar-refractivity contribution < 1.29 is 9.13 Å². The number of benzene rings is 1. The van der Waals surface area contributed by atoms with Crippen LogP contribution in [0.5, 0.6) is 5.75 Å². The number of aromatic nitrogens is 3. The Morgan fingerprint density at radius 2 is 2.20 bits per heavy atom. The number of nitrogens with one attached hydrogen (secondary N) is 2. The third-order valence-corrected chi connectivity index (χ3v) is 2.13. The molecule has 0 fully saturated rings. The fourth-order valence-corrected chi connectivity index (χ4v) is 1.35. The van der Waals surface area contributed by atoms with Crippen molar-refractivity contribution in [2.75, 3.05) is 7.11 Å². The molecule has 0 aliphatic heterocycles. The summed E-state index contributed by atoms with van der Waals surface area (Å²) in [6.07, 6.45) is 0. The highest BCUT2D eigenvalue weighted by Crippen LogP contribution is 2.22. The lowest BCUT2D eigenvalue weighted by Crippen LogP contribution is -1.89. The van der Waals surface area contributed by atoms with Gasteiger partial charge in [-0.05, 0) is 24.4 Å². The molecule has 0 bridgehead atoms. The largest absolute Gasteiger partial charge is 0.497 e. The quantitative estimate of drug-likeness (QED) is 0.771. The summed E-state index contributed by atoms with van der Waals surface area (Å²) < 4.78 is 18.7. The predicted octanol–water partition coefficient (Wildman–Crippen LogP) is 2.28. The number of halogens is 1. The number of hydrogen-bond acceptors (Lipinski definition) is 3. The maximum absolute atomic E-state index is 13.5. The first-order chi connectivity index (χ1) is 7.20. The second-order valence-corrected chi connectivity index (χ2v) is 3.25. The van der Waals surface area contributed by atoms with Crippen molar-refractivity contribution in [2.45, 2.75) is 0 Å². The third kappa shape index (κ3) is 1.89. The molecular formula is C9H8FN3OS. The van der Waals surface area contributed by atoms with E-state index in [4.69, 9.17) is 17.0 Å². The fourth-order valence-electron chi connectivity index (χ4n) is 1.21. The first kappa shape index (κ1) is 9.85. The number of H-pyrrole nitrogens is 2. The second-order valence-electron chi connectivity index (χ2n) is 2.86. The van der Waals surface area contributed by atoms with Crippen LogP contribution >= 0.6 is 12.2 Å². The third-order valence-electron chi connectivity index (χ3n) is 1.93. The Kier molecular flexibility index (Phi) is 2.51. The van der Waals surface area contributed by atoms with Crippen LogP contribution in [-0.2, 0) is 0 Å². The maximum atomic E-state index is 13.5. The molecule has 0 amide bonds. The van der Waals surface area contributed by atoms with Gasteiger partial charge in [0, 0.05) is 6.07 Å². The Hall–Kier alpha value is -1.69. The molecule has 1 aromatic carbocycles. The van der Waals surface area contributed by atoms with E-state index in [1.807, 2.05) is 0 Å². The zero-order valence-electron chi connectivity index (χ0n) is 7.87. The van der Waals surface area contributed by atoms with Gasteiger partial charge in [-0.15, -0.1) is 0 Å². The van der Waals surface area contributed by atoms with Crippen molar-refractivity contribution in [3.8, 4) is 17.1 Å². The van der Waals surface area contributed by atoms with E-state index in [-0.39, 0.29) is 0 Å². The Morgan fingerprint density at radius 1 is 1.40 bits per heavy atom. The first-order valence-electron chi connectivity index (χ1n) is 4.19. The summed E-state index contributed by atoms with van der Waals surface area (Å²) in [6.45, 7) is 0. The van der Waals surface area contributed by atoms with E-state index in [1.54, 1.807) is 12.1 Å². The molecular weight excluding hydrogens is 217 g/mol. The van der Waals surface area contributed by atoms with E-state index < -0.39 is 5.82 Å². The van der Waals surface area contributed by atoms with Gasteiger partial charge in [0.25, 0.3) is 0 Å². The molecule has 2 aromatic rings. The smallest absolute Gasteiger partial charge is 0.213 e. The van der Waals surface area contributed by atoms with Crippen molar-refractivity contribution in [2.24, 2.45) is 0 Å². The Bertz CT molecular complexity index is 534. The molecule has 1 heterocycles. The molecule has 0 aliphatic carbocycles. The van der Waals surface area contributed by atoms with Crippen molar-refractivity contribution in [3.05, 3.63) is 28.8 Å². The lowest BCUT2D eigenvalue weighted by molar-refractivity contribution is 0.411. The molecule has 2 N–H and O–H groups in total. The van der Waals surface area contributed by atoms with Gasteiger partial charge >= 0.3 is 0 Å². The van der Waals surface area contributed by atoms with Crippen LogP contribution in [0.25, 0.3) is 11.4 Å². The Balaban J connectivity index is 2.49. The molecule has 0 radical (unpaired) electrons. The van der Waals surface area contributed by atoms with Gasteiger partial charge < -0.3 is 4.74 Å². The van der Waals surface area contributed by atoms with Crippen molar-refractivity contribution in [1.82, 2.24) is 15.2 Å². The molecule has 0 saturated heterocycles. The SMILES string of the molecule is COc1ccc(-c2nc(=S)[nH][nH]2)c(F)c1. The van der Waals surface area contributed by atoms with E-state index in [2.05, 4.69) is 15.2 Å². The number of methoxy groups -OCH3 is 1. The van der Waals surface area contributed by atoms with Crippen LogP contribution in [0.2, 0.25) is 0 Å². The summed E-state index contributed by atoms with van der Waals surface area (Å²) in [5.41, 5.74) is 0.350. The lowest BCUT2D eigenvalue weighted by Gasteiger charge is -2.02. The van der Waals surface area contributed by atoms with Gasteiger partial charge in [0.15, 0.2) is 5.82 Å². The van der Waals surface area contributed by atoms with Crippen LogP contribution in [0.4, 0.5) is 4.39 Å². The van der Waals surface area contributed by atoms with E-state index in [9.17, 15) is 4.39 Å². The highest BCUT2D eigenvalue weighted by atomic mass is 32.1. The number of ether oxygens (including phenoxy) is 1. The number of rotatable bonds is 2. The lowest BCUT2D eigenvalue weighted by atomic mass is 10.2. The highest BCUT2D eigenvalue weighted by molar-refractivity contribution is 7.71. The molecule has 0 saturated carbocycles. The van der Waals surface area contributed by atoms with Crippen LogP contribution in [-0.4, -0.2) is 22.3 Å². The van der Waals surface area contributed by atoms with E-state index in [0.717, 1.165) is 0 Å². The van der Waals surface area contributed by atoms with Gasteiger partial charge in [-0.1, -0.05) is 0 Å². The summed E-state index contributed by atoms with van der Waals surface area (Å²) in [4.78, 5) is 3.92. The molecule has 1 aromatic heterocycles. The molecule has 0 aliphatic rings. The van der Waals surface area contributed by atoms with Crippen molar-refractivity contribution in [1.29, 1.82) is 0 Å². The second kappa shape index (κ2) is 3.82. The molecule has 4 nitrogen and oxygen atoms in total. The average molecular weight is 225 g/mol. The summed E-state index contributed by atoms with van der Waals surface area (Å²) in [5.74, 6) is 0.428. The van der Waals surface area contributed by atoms with Gasteiger partial charge in [-0.25, -0.2) is 4.39 Å². The van der Waals surface area contributed by atoms with Gasteiger partial charge in [-0.3, -0.25) is 10.2 Å². The summed E-state index contributed by atoms with van der Waals surface area (Å²) in [6, 6.07) is 4.53. The average Bonchev–Trinajstić information content (AvgIpc) is 2.64. The van der Waals surface area contributed by atoms with E-state index in [0.29, 0.717) is 21.9 Å². The molecule has 15 heavy (non-hydrogen) atoms. The maximum Gasteiger partial charge on any atom is 0.213 e. The van der Waals surface area contributed by atoms with Crippen LogP contribution in [0.15, 0.2) is 18.2 Å². The fraction of sp³-hybridized carbons (Fsp3) is 0.111. The molecule has 6 heteroatoms. The minimum Gasteiger partial charge on any atom is -0.497 e. The van der Waals surface area contributed by atoms with E-state index in [1.165, 1.54) is 13.2 Å². The van der Waals surface area contributed by atoms with Crippen LogP contribution < -0.4 is 4.74 Å². The minimum absolute atomic E-state index is 0.292. The Morgan fingerprint density at radius 3 is 2.73 bits per heavy atom. The summed E-state index contributed by atoms with van der Waals surface area (Å²) >= 11 is 4.78. The molecule has 0 unspecified atom stereocenters. The topological polar surface area (TPSA) is 53.7 Å². The van der Waals surface area contributed by atoms with Crippen LogP contribution in [0.1, 0.15) is 0 Å². The molecule has 0 atom stereocenters. The number of nitrogens with zero attached hydrogens (tertiary/aromatic N) is 1. The zero-order valence-corrected chi connectivity index (χ0v) is 8.69. The Labute approximate surface area is 90.1 Å². The predicted molar refractivity (Wildman–Crippen MR) is 55.7 cm³/mol. The zero-order chi connectivity index (χ0) is 10.8. The molecule has 2 rings (SSSR count). The van der Waals surface area contributed by atoms with Gasteiger partial charge in [0.1, 0.15) is 11.6 Å². The molecule has 0 spiro atoms. The number of aromatic amines is 2.